The van der Waals surface area contributed by atoms with E-state index < -0.39 is 11.5 Å². The van der Waals surface area contributed by atoms with E-state index >= 15 is 0 Å². The number of nitrogens with zero attached hydrogens (tertiary/aromatic N) is 1. The maximum absolute atomic E-state index is 12.6. The van der Waals surface area contributed by atoms with Gasteiger partial charge in [-0.2, -0.15) is 0 Å². The zero-order chi connectivity index (χ0) is 14.6. The van der Waals surface area contributed by atoms with Crippen LogP contribution in [-0.2, 0) is 14.3 Å². The van der Waals surface area contributed by atoms with E-state index in [4.69, 9.17) is 4.74 Å². The smallest absolute Gasteiger partial charge is 0.235 e. The standard InChI is InChI=1S/C15H25NO4/c1-20-11-12(17)6-9-16-13(18)10-15(14(16)19)7-4-2-3-5-8-15/h12,17H,2-11H2,1H3. The number of aliphatic hydroxyl groups is 1. The molecule has 2 aliphatic rings. The first kappa shape index (κ1) is 15.4. The highest BCUT2D eigenvalue weighted by Gasteiger charge is 2.50. The van der Waals surface area contributed by atoms with Crippen LogP contribution in [0.25, 0.3) is 0 Å². The summed E-state index contributed by atoms with van der Waals surface area (Å²) in [4.78, 5) is 26.1. The van der Waals surface area contributed by atoms with E-state index in [1.807, 2.05) is 0 Å². The number of aliphatic hydroxyl groups excluding tert-OH is 1. The lowest BCUT2D eigenvalue weighted by molar-refractivity contribution is -0.142. The van der Waals surface area contributed by atoms with Crippen LogP contribution < -0.4 is 0 Å². The van der Waals surface area contributed by atoms with E-state index in [2.05, 4.69) is 0 Å². The van der Waals surface area contributed by atoms with Gasteiger partial charge < -0.3 is 9.84 Å². The van der Waals surface area contributed by atoms with Gasteiger partial charge in [-0.25, -0.2) is 0 Å². The van der Waals surface area contributed by atoms with E-state index in [1.165, 1.54) is 12.0 Å². The van der Waals surface area contributed by atoms with Crippen LogP contribution in [0.3, 0.4) is 0 Å². The van der Waals surface area contributed by atoms with Crippen molar-refractivity contribution >= 4 is 11.8 Å². The molecule has 2 fully saturated rings. The van der Waals surface area contributed by atoms with E-state index in [0.29, 0.717) is 19.4 Å². The summed E-state index contributed by atoms with van der Waals surface area (Å²) >= 11 is 0. The predicted octanol–water partition coefficient (Wildman–Crippen LogP) is 1.48. The van der Waals surface area contributed by atoms with E-state index in [9.17, 15) is 14.7 Å². The van der Waals surface area contributed by atoms with E-state index in [1.54, 1.807) is 0 Å². The molecule has 0 aromatic rings. The Labute approximate surface area is 120 Å². The van der Waals surface area contributed by atoms with Gasteiger partial charge in [0, 0.05) is 20.1 Å². The molecule has 0 bridgehead atoms. The Balaban J connectivity index is 1.97. The molecule has 114 valence electrons. The molecule has 1 unspecified atom stereocenters. The lowest BCUT2D eigenvalue weighted by Gasteiger charge is -2.25. The van der Waals surface area contributed by atoms with Crippen LogP contribution >= 0.6 is 0 Å². The SMILES string of the molecule is COCC(O)CCN1C(=O)CC2(CCCCCC2)C1=O. The molecule has 1 heterocycles. The number of imide groups is 1. The molecule has 1 saturated heterocycles. The highest BCUT2D eigenvalue weighted by molar-refractivity contribution is 6.05. The average molecular weight is 283 g/mol. The number of hydrogen-bond acceptors (Lipinski definition) is 4. The van der Waals surface area contributed by atoms with Crippen molar-refractivity contribution in [3.05, 3.63) is 0 Å². The molecule has 1 aliphatic heterocycles. The normalized spacial score (nSPS) is 24.2. The molecule has 1 N–H and O–H groups in total. The molecule has 2 amide bonds. The van der Waals surface area contributed by atoms with Crippen LogP contribution in [0.15, 0.2) is 0 Å². The third-order valence-electron chi connectivity index (χ3n) is 4.60. The lowest BCUT2D eigenvalue weighted by Crippen LogP contribution is -2.37. The van der Waals surface area contributed by atoms with Crippen molar-refractivity contribution in [3.63, 3.8) is 0 Å². The van der Waals surface area contributed by atoms with Gasteiger partial charge in [0.05, 0.1) is 18.1 Å². The van der Waals surface area contributed by atoms with Crippen LogP contribution in [0.5, 0.6) is 0 Å². The number of ether oxygens (including phenoxy) is 1. The van der Waals surface area contributed by atoms with Gasteiger partial charge in [0.1, 0.15) is 0 Å². The minimum atomic E-state index is -0.619. The Morgan fingerprint density at radius 2 is 1.90 bits per heavy atom. The van der Waals surface area contributed by atoms with Crippen LogP contribution in [-0.4, -0.2) is 48.2 Å². The van der Waals surface area contributed by atoms with Gasteiger partial charge in [0.2, 0.25) is 11.8 Å². The van der Waals surface area contributed by atoms with Crippen LogP contribution in [0.4, 0.5) is 0 Å². The molecule has 0 radical (unpaired) electrons. The summed E-state index contributed by atoms with van der Waals surface area (Å²) < 4.78 is 4.86. The second-order valence-corrected chi connectivity index (χ2v) is 6.12. The number of rotatable bonds is 5. The topological polar surface area (TPSA) is 66.8 Å². The molecule has 2 rings (SSSR count). The average Bonchev–Trinajstić information content (AvgIpc) is 2.59. The van der Waals surface area contributed by atoms with Crippen molar-refractivity contribution in [1.82, 2.24) is 4.90 Å². The third-order valence-corrected chi connectivity index (χ3v) is 4.60. The molecule has 0 aromatic carbocycles. The highest BCUT2D eigenvalue weighted by Crippen LogP contribution is 2.44. The molecule has 0 aromatic heterocycles. The van der Waals surface area contributed by atoms with E-state index in [-0.39, 0.29) is 18.4 Å². The Morgan fingerprint density at radius 3 is 2.50 bits per heavy atom. The Bertz CT molecular complexity index is 361. The van der Waals surface area contributed by atoms with Gasteiger partial charge >= 0.3 is 0 Å². The third kappa shape index (κ3) is 3.20. The van der Waals surface area contributed by atoms with Crippen LogP contribution in [0.1, 0.15) is 51.4 Å². The van der Waals surface area contributed by atoms with Gasteiger partial charge in [-0.1, -0.05) is 25.7 Å². The molecule has 5 nitrogen and oxygen atoms in total. The number of likely N-dealkylation sites (tertiary alicyclic amines) is 1. The summed E-state index contributed by atoms with van der Waals surface area (Å²) in [6.07, 6.45) is 6.23. The number of amides is 2. The summed E-state index contributed by atoms with van der Waals surface area (Å²) in [5.74, 6) is -0.0736. The molecule has 1 aliphatic carbocycles. The van der Waals surface area contributed by atoms with E-state index in [0.717, 1.165) is 38.5 Å². The Morgan fingerprint density at radius 1 is 1.25 bits per heavy atom. The van der Waals surface area contributed by atoms with Crippen molar-refractivity contribution in [1.29, 1.82) is 0 Å². The molecule has 20 heavy (non-hydrogen) atoms. The van der Waals surface area contributed by atoms with Gasteiger partial charge in [0.15, 0.2) is 0 Å². The summed E-state index contributed by atoms with van der Waals surface area (Å²) in [5, 5.41) is 9.65. The Hall–Kier alpha value is -0.940. The quantitative estimate of drug-likeness (QED) is 0.776. The van der Waals surface area contributed by atoms with Crippen LogP contribution in [0.2, 0.25) is 0 Å². The number of methoxy groups -OCH3 is 1. The maximum atomic E-state index is 12.6. The van der Waals surface area contributed by atoms with Gasteiger partial charge in [-0.3, -0.25) is 14.5 Å². The predicted molar refractivity (Wildman–Crippen MR) is 74.0 cm³/mol. The first-order chi connectivity index (χ1) is 9.59. The number of carbonyl (C=O) groups excluding carboxylic acids is 2. The fourth-order valence-electron chi connectivity index (χ4n) is 3.44. The monoisotopic (exact) mass is 283 g/mol. The fourth-order valence-corrected chi connectivity index (χ4v) is 3.44. The summed E-state index contributed by atoms with van der Waals surface area (Å²) in [6.45, 7) is 0.547. The maximum Gasteiger partial charge on any atom is 0.235 e. The van der Waals surface area contributed by atoms with Crippen LogP contribution in [0, 0.1) is 5.41 Å². The fraction of sp³-hybridized carbons (Fsp3) is 0.867. The number of hydrogen-bond donors (Lipinski definition) is 1. The van der Waals surface area contributed by atoms with Crippen molar-refractivity contribution < 1.29 is 19.4 Å². The molecule has 1 atom stereocenters. The molecule has 1 saturated carbocycles. The van der Waals surface area contributed by atoms with Gasteiger partial charge in [-0.15, -0.1) is 0 Å². The first-order valence-electron chi connectivity index (χ1n) is 7.61. The lowest BCUT2D eigenvalue weighted by atomic mass is 9.79. The summed E-state index contributed by atoms with van der Waals surface area (Å²) in [7, 11) is 1.52. The zero-order valence-corrected chi connectivity index (χ0v) is 12.3. The minimum Gasteiger partial charge on any atom is -0.391 e. The summed E-state index contributed by atoms with van der Waals surface area (Å²) in [5.41, 5.74) is -0.431. The largest absolute Gasteiger partial charge is 0.391 e. The van der Waals surface area contributed by atoms with Crippen molar-refractivity contribution in [3.8, 4) is 0 Å². The second-order valence-electron chi connectivity index (χ2n) is 6.12. The summed E-state index contributed by atoms with van der Waals surface area (Å²) in [6, 6.07) is 0. The Kier molecular flexibility index (Phi) is 5.16. The molecular weight excluding hydrogens is 258 g/mol. The highest BCUT2D eigenvalue weighted by atomic mass is 16.5. The van der Waals surface area contributed by atoms with Crippen molar-refractivity contribution in [2.75, 3.05) is 20.3 Å². The molecular formula is C15H25NO4. The minimum absolute atomic E-state index is 0.00554. The number of carbonyl (C=O) groups is 2. The second kappa shape index (κ2) is 6.68. The van der Waals surface area contributed by atoms with Gasteiger partial charge in [0.25, 0.3) is 0 Å². The first-order valence-corrected chi connectivity index (χ1v) is 7.61. The molecule has 5 heteroatoms. The zero-order valence-electron chi connectivity index (χ0n) is 12.3. The van der Waals surface area contributed by atoms with Crippen molar-refractivity contribution in [2.45, 2.75) is 57.5 Å². The molecule has 1 spiro atoms. The van der Waals surface area contributed by atoms with Crippen molar-refractivity contribution in [2.24, 2.45) is 5.41 Å². The van der Waals surface area contributed by atoms with Gasteiger partial charge in [-0.05, 0) is 19.3 Å².